The number of carbonyl (C=O) groups is 2. The molecular formula is C11H21N3O2. The summed E-state index contributed by atoms with van der Waals surface area (Å²) < 4.78 is 0. The van der Waals surface area contributed by atoms with Crippen LogP contribution < -0.4 is 10.6 Å². The van der Waals surface area contributed by atoms with E-state index in [0.29, 0.717) is 13.0 Å². The van der Waals surface area contributed by atoms with Crippen molar-refractivity contribution in [1.82, 2.24) is 15.5 Å². The van der Waals surface area contributed by atoms with Crippen LogP contribution in [-0.4, -0.2) is 50.4 Å². The Labute approximate surface area is 96.6 Å². The zero-order valence-corrected chi connectivity index (χ0v) is 10.1. The minimum atomic E-state index is -0.0383. The zero-order valence-electron chi connectivity index (χ0n) is 10.1. The monoisotopic (exact) mass is 227 g/mol. The van der Waals surface area contributed by atoms with Crippen LogP contribution in [0.4, 0.5) is 0 Å². The van der Waals surface area contributed by atoms with Crippen molar-refractivity contribution in [2.24, 2.45) is 5.92 Å². The molecule has 0 bridgehead atoms. The number of likely N-dealkylation sites (tertiary alicyclic amines) is 1. The highest BCUT2D eigenvalue weighted by molar-refractivity contribution is 5.80. The lowest BCUT2D eigenvalue weighted by Gasteiger charge is -2.27. The molecular weight excluding hydrogens is 206 g/mol. The Morgan fingerprint density at radius 2 is 1.94 bits per heavy atom. The van der Waals surface area contributed by atoms with Crippen molar-refractivity contribution in [2.75, 3.05) is 33.7 Å². The number of nitrogens with zero attached hydrogens (tertiary/aromatic N) is 1. The molecule has 0 aromatic heterocycles. The number of piperidine rings is 1. The Balaban J connectivity index is 2.17. The molecule has 0 unspecified atom stereocenters. The first kappa shape index (κ1) is 13.0. The van der Waals surface area contributed by atoms with Crippen molar-refractivity contribution in [1.29, 1.82) is 0 Å². The van der Waals surface area contributed by atoms with E-state index in [0.717, 1.165) is 25.9 Å². The van der Waals surface area contributed by atoms with E-state index in [2.05, 4.69) is 22.6 Å². The number of hydrogen-bond acceptors (Lipinski definition) is 3. The van der Waals surface area contributed by atoms with Gasteiger partial charge in [0.15, 0.2) is 0 Å². The molecule has 0 spiro atoms. The summed E-state index contributed by atoms with van der Waals surface area (Å²) >= 11 is 0. The van der Waals surface area contributed by atoms with Crippen LogP contribution in [-0.2, 0) is 9.59 Å². The van der Waals surface area contributed by atoms with Gasteiger partial charge >= 0.3 is 0 Å². The van der Waals surface area contributed by atoms with Gasteiger partial charge in [-0.1, -0.05) is 0 Å². The lowest BCUT2D eigenvalue weighted by atomic mass is 9.96. The minimum absolute atomic E-state index is 0.0383. The van der Waals surface area contributed by atoms with Gasteiger partial charge in [-0.3, -0.25) is 9.59 Å². The number of amides is 2. The zero-order chi connectivity index (χ0) is 12.0. The van der Waals surface area contributed by atoms with E-state index >= 15 is 0 Å². The van der Waals surface area contributed by atoms with Gasteiger partial charge in [-0.05, 0) is 33.0 Å². The average molecular weight is 227 g/mol. The molecule has 1 heterocycles. The molecule has 0 radical (unpaired) electrons. The molecule has 1 aliphatic rings. The van der Waals surface area contributed by atoms with E-state index in [1.165, 1.54) is 0 Å². The third-order valence-corrected chi connectivity index (χ3v) is 3.02. The largest absolute Gasteiger partial charge is 0.359 e. The highest BCUT2D eigenvalue weighted by atomic mass is 16.2. The molecule has 0 saturated carbocycles. The van der Waals surface area contributed by atoms with E-state index < -0.39 is 0 Å². The first-order valence-corrected chi connectivity index (χ1v) is 5.80. The van der Waals surface area contributed by atoms with Gasteiger partial charge in [0.2, 0.25) is 11.8 Å². The van der Waals surface area contributed by atoms with Crippen LogP contribution in [0.5, 0.6) is 0 Å². The topological polar surface area (TPSA) is 61.4 Å². The Morgan fingerprint density at radius 1 is 1.31 bits per heavy atom. The second kappa shape index (κ2) is 6.48. The highest BCUT2D eigenvalue weighted by Crippen LogP contribution is 2.15. The standard InChI is InChI=1S/C11H21N3O2/c1-12-10(15)3-6-13-11(16)9-4-7-14(2)8-5-9/h9H,3-8H2,1-2H3,(H,12,15)(H,13,16). The molecule has 1 saturated heterocycles. The molecule has 16 heavy (non-hydrogen) atoms. The van der Waals surface area contributed by atoms with E-state index in [1.807, 2.05) is 0 Å². The Morgan fingerprint density at radius 3 is 2.50 bits per heavy atom. The lowest BCUT2D eigenvalue weighted by Crippen LogP contribution is -2.39. The fraction of sp³-hybridized carbons (Fsp3) is 0.818. The van der Waals surface area contributed by atoms with Gasteiger partial charge in [0.25, 0.3) is 0 Å². The third kappa shape index (κ3) is 4.18. The van der Waals surface area contributed by atoms with E-state index in [-0.39, 0.29) is 17.7 Å². The smallest absolute Gasteiger partial charge is 0.223 e. The predicted octanol–water partition coefficient (Wildman–Crippen LogP) is -0.419. The van der Waals surface area contributed by atoms with E-state index in [4.69, 9.17) is 0 Å². The molecule has 5 nitrogen and oxygen atoms in total. The molecule has 0 aromatic rings. The molecule has 5 heteroatoms. The summed E-state index contributed by atoms with van der Waals surface area (Å²) in [7, 11) is 3.67. The van der Waals surface area contributed by atoms with Gasteiger partial charge in [-0.25, -0.2) is 0 Å². The summed E-state index contributed by atoms with van der Waals surface area (Å²) in [5, 5.41) is 5.34. The van der Waals surface area contributed by atoms with Crippen LogP contribution in [0.2, 0.25) is 0 Å². The van der Waals surface area contributed by atoms with Gasteiger partial charge in [0, 0.05) is 25.9 Å². The minimum Gasteiger partial charge on any atom is -0.359 e. The van der Waals surface area contributed by atoms with Gasteiger partial charge in [-0.2, -0.15) is 0 Å². The van der Waals surface area contributed by atoms with Crippen molar-refractivity contribution in [3.05, 3.63) is 0 Å². The van der Waals surface area contributed by atoms with E-state index in [9.17, 15) is 9.59 Å². The SMILES string of the molecule is CNC(=O)CCNC(=O)C1CCN(C)CC1. The highest BCUT2D eigenvalue weighted by Gasteiger charge is 2.22. The van der Waals surface area contributed by atoms with Crippen LogP contribution in [0.15, 0.2) is 0 Å². The summed E-state index contributed by atoms with van der Waals surface area (Å²) in [5.74, 6) is 0.182. The molecule has 1 fully saturated rings. The summed E-state index contributed by atoms with van der Waals surface area (Å²) in [6.45, 7) is 2.39. The Hall–Kier alpha value is -1.10. The van der Waals surface area contributed by atoms with Crippen molar-refractivity contribution in [2.45, 2.75) is 19.3 Å². The molecule has 2 amide bonds. The van der Waals surface area contributed by atoms with Crippen LogP contribution in [0.1, 0.15) is 19.3 Å². The normalized spacial score (nSPS) is 18.1. The van der Waals surface area contributed by atoms with Crippen molar-refractivity contribution < 1.29 is 9.59 Å². The summed E-state index contributed by atoms with van der Waals surface area (Å²) in [6.07, 6.45) is 2.19. The van der Waals surface area contributed by atoms with Crippen molar-refractivity contribution in [3.8, 4) is 0 Å². The van der Waals surface area contributed by atoms with Crippen molar-refractivity contribution in [3.63, 3.8) is 0 Å². The maximum atomic E-state index is 11.7. The van der Waals surface area contributed by atoms with Gasteiger partial charge in [0.05, 0.1) is 0 Å². The Bertz CT molecular complexity index is 248. The first-order valence-electron chi connectivity index (χ1n) is 5.80. The van der Waals surface area contributed by atoms with Crippen LogP contribution in [0, 0.1) is 5.92 Å². The number of hydrogen-bond donors (Lipinski definition) is 2. The van der Waals surface area contributed by atoms with Crippen LogP contribution in [0.3, 0.4) is 0 Å². The molecule has 0 aliphatic carbocycles. The van der Waals surface area contributed by atoms with Gasteiger partial charge < -0.3 is 15.5 Å². The predicted molar refractivity (Wildman–Crippen MR) is 61.9 cm³/mol. The summed E-state index contributed by atoms with van der Waals surface area (Å²) in [5.41, 5.74) is 0. The second-order valence-corrected chi connectivity index (χ2v) is 4.29. The van der Waals surface area contributed by atoms with Gasteiger partial charge in [-0.15, -0.1) is 0 Å². The average Bonchev–Trinajstić information content (AvgIpc) is 2.29. The molecule has 92 valence electrons. The van der Waals surface area contributed by atoms with Gasteiger partial charge in [0.1, 0.15) is 0 Å². The lowest BCUT2D eigenvalue weighted by molar-refractivity contribution is -0.126. The summed E-state index contributed by atoms with van der Waals surface area (Å²) in [6, 6.07) is 0. The fourth-order valence-electron chi connectivity index (χ4n) is 1.84. The molecule has 2 N–H and O–H groups in total. The maximum absolute atomic E-state index is 11.7. The molecule has 0 aromatic carbocycles. The number of nitrogens with one attached hydrogen (secondary N) is 2. The van der Waals surface area contributed by atoms with Crippen LogP contribution in [0.25, 0.3) is 0 Å². The maximum Gasteiger partial charge on any atom is 0.223 e. The first-order chi connectivity index (χ1) is 7.63. The molecule has 0 atom stereocenters. The fourth-order valence-corrected chi connectivity index (χ4v) is 1.84. The quantitative estimate of drug-likeness (QED) is 0.686. The second-order valence-electron chi connectivity index (χ2n) is 4.29. The van der Waals surface area contributed by atoms with Crippen LogP contribution >= 0.6 is 0 Å². The number of rotatable bonds is 4. The Kier molecular flexibility index (Phi) is 5.25. The molecule has 1 aliphatic heterocycles. The van der Waals surface area contributed by atoms with Crippen molar-refractivity contribution >= 4 is 11.8 Å². The third-order valence-electron chi connectivity index (χ3n) is 3.02. The summed E-state index contributed by atoms with van der Waals surface area (Å²) in [4.78, 5) is 24.9. The molecule has 1 rings (SSSR count). The van der Waals surface area contributed by atoms with E-state index in [1.54, 1.807) is 7.05 Å². The number of carbonyl (C=O) groups excluding carboxylic acids is 2.